The zero-order valence-corrected chi connectivity index (χ0v) is 16.1. The Kier molecular flexibility index (Phi) is 5.35. The van der Waals surface area contributed by atoms with Gasteiger partial charge in [-0.1, -0.05) is 35.0 Å². The molecule has 1 saturated heterocycles. The Labute approximate surface area is 166 Å². The topological polar surface area (TPSA) is 131 Å². The van der Waals surface area contributed by atoms with Crippen molar-refractivity contribution in [1.82, 2.24) is 15.4 Å². The fraction of sp³-hybridized carbons (Fsp3) is 0.316. The second-order valence-electron chi connectivity index (χ2n) is 6.84. The maximum absolute atomic E-state index is 12.8. The van der Waals surface area contributed by atoms with Gasteiger partial charge in [-0.05, 0) is 26.3 Å². The van der Waals surface area contributed by atoms with Crippen molar-refractivity contribution in [1.29, 1.82) is 0 Å². The van der Waals surface area contributed by atoms with E-state index in [1.165, 1.54) is 6.07 Å². The number of aromatic nitrogens is 1. The lowest BCUT2D eigenvalue weighted by Crippen LogP contribution is -2.41. The number of esters is 1. The van der Waals surface area contributed by atoms with Crippen molar-refractivity contribution < 1.29 is 28.4 Å². The van der Waals surface area contributed by atoms with E-state index in [2.05, 4.69) is 15.8 Å². The van der Waals surface area contributed by atoms with E-state index in [0.717, 1.165) is 10.5 Å². The number of hydrogen-bond acceptors (Lipinski definition) is 7. The third-order valence-corrected chi connectivity index (χ3v) is 4.45. The smallest absolute Gasteiger partial charge is 0.326 e. The molecule has 2 N–H and O–H groups in total. The Hall–Kier alpha value is -3.69. The lowest BCUT2D eigenvalue weighted by molar-refractivity contribution is -0.150. The zero-order valence-electron chi connectivity index (χ0n) is 16.1. The number of nitrogens with one attached hydrogen (secondary N) is 2. The highest BCUT2D eigenvalue weighted by molar-refractivity contribution is 6.09. The molecule has 0 saturated carbocycles. The molecule has 1 aromatic heterocycles. The van der Waals surface area contributed by atoms with E-state index in [1.807, 2.05) is 19.1 Å². The minimum Gasteiger partial charge on any atom is -0.454 e. The van der Waals surface area contributed by atoms with Crippen LogP contribution in [-0.2, 0) is 24.7 Å². The number of anilines is 1. The van der Waals surface area contributed by atoms with Gasteiger partial charge in [-0.25, -0.2) is 4.79 Å². The van der Waals surface area contributed by atoms with Crippen molar-refractivity contribution in [2.75, 3.05) is 18.5 Å². The molecule has 0 unspecified atom stereocenters. The first-order valence-electron chi connectivity index (χ1n) is 8.79. The number of nitrogens with zero attached hydrogens (tertiary/aromatic N) is 2. The Morgan fingerprint density at radius 1 is 1.24 bits per heavy atom. The van der Waals surface area contributed by atoms with E-state index in [9.17, 15) is 19.2 Å². The van der Waals surface area contributed by atoms with Crippen LogP contribution in [0.5, 0.6) is 0 Å². The third kappa shape index (κ3) is 4.26. The minimum atomic E-state index is -1.28. The largest absolute Gasteiger partial charge is 0.454 e. The van der Waals surface area contributed by atoms with Gasteiger partial charge in [0, 0.05) is 6.07 Å². The van der Waals surface area contributed by atoms with Gasteiger partial charge in [-0.2, -0.15) is 0 Å². The lowest BCUT2D eigenvalue weighted by atomic mass is 9.91. The number of rotatable bonds is 6. The Morgan fingerprint density at radius 2 is 1.93 bits per heavy atom. The number of carbonyl (C=O) groups excluding carboxylic acids is 4. The van der Waals surface area contributed by atoms with Gasteiger partial charge >= 0.3 is 12.0 Å². The van der Waals surface area contributed by atoms with E-state index in [0.29, 0.717) is 11.3 Å². The van der Waals surface area contributed by atoms with Gasteiger partial charge in [0.15, 0.2) is 12.4 Å². The second kappa shape index (κ2) is 7.74. The summed E-state index contributed by atoms with van der Waals surface area (Å²) in [4.78, 5) is 49.6. The number of carbonyl (C=O) groups is 4. The number of aryl methyl sites for hydroxylation is 2. The summed E-state index contributed by atoms with van der Waals surface area (Å²) in [5.41, 5.74) is 0.320. The summed E-state index contributed by atoms with van der Waals surface area (Å²) in [5, 5.41) is 8.57. The molecule has 2 aromatic rings. The normalized spacial score (nSPS) is 18.5. The second-order valence-corrected chi connectivity index (χ2v) is 6.84. The molecule has 3 rings (SSSR count). The molecule has 4 amide bonds. The van der Waals surface area contributed by atoms with E-state index in [-0.39, 0.29) is 5.82 Å². The fourth-order valence-electron chi connectivity index (χ4n) is 2.85. The van der Waals surface area contributed by atoms with Crippen LogP contribution in [0.15, 0.2) is 34.9 Å². The number of hydrogen-bond donors (Lipinski definition) is 2. The zero-order chi connectivity index (χ0) is 21.2. The molecule has 1 aliphatic rings. The average Bonchev–Trinajstić information content (AvgIpc) is 3.17. The fourth-order valence-corrected chi connectivity index (χ4v) is 2.85. The molecule has 1 atom stereocenters. The molecule has 0 aliphatic carbocycles. The quantitative estimate of drug-likeness (QED) is 0.551. The van der Waals surface area contributed by atoms with Crippen molar-refractivity contribution in [3.8, 4) is 0 Å². The summed E-state index contributed by atoms with van der Waals surface area (Å²) in [5.74, 6) is -1.41. The van der Waals surface area contributed by atoms with Crippen LogP contribution in [0, 0.1) is 13.8 Å². The van der Waals surface area contributed by atoms with Gasteiger partial charge in [-0.3, -0.25) is 19.3 Å². The summed E-state index contributed by atoms with van der Waals surface area (Å²) in [7, 11) is 0. The SMILES string of the molecule is Cc1ccc([C@@]2(C)NC(=O)N(CC(=O)OCC(=O)Nc3cc(C)on3)C2=O)cc1. The van der Waals surface area contributed by atoms with Crippen LogP contribution in [0.25, 0.3) is 0 Å². The van der Waals surface area contributed by atoms with Crippen LogP contribution < -0.4 is 10.6 Å². The molecule has 0 radical (unpaired) electrons. The standard InChI is InChI=1S/C19H20N4O6/c1-11-4-6-13(7-5-11)19(3)17(26)23(18(27)21-19)9-16(25)28-10-15(24)20-14-8-12(2)29-22-14/h4-8H,9-10H2,1-3H3,(H,21,27)(H,20,22,24)/t19-/m1/s1. The predicted molar refractivity (Wildman–Crippen MR) is 99.6 cm³/mol. The molecule has 0 bridgehead atoms. The first-order chi connectivity index (χ1) is 13.7. The van der Waals surface area contributed by atoms with Crippen molar-refractivity contribution in [2.24, 2.45) is 0 Å². The van der Waals surface area contributed by atoms with Crippen LogP contribution in [0.2, 0.25) is 0 Å². The highest BCUT2D eigenvalue weighted by Gasteiger charge is 2.49. The summed E-state index contributed by atoms with van der Waals surface area (Å²) >= 11 is 0. The maximum Gasteiger partial charge on any atom is 0.326 e. The molecule has 1 aliphatic heterocycles. The molecule has 0 spiro atoms. The van der Waals surface area contributed by atoms with Gasteiger partial charge in [0.05, 0.1) is 0 Å². The number of imide groups is 1. The van der Waals surface area contributed by atoms with Gasteiger partial charge in [0.2, 0.25) is 0 Å². The molecule has 1 fully saturated rings. The number of urea groups is 1. The lowest BCUT2D eigenvalue weighted by Gasteiger charge is -2.22. The molecule has 10 heteroatoms. The van der Waals surface area contributed by atoms with E-state index < -0.39 is 42.5 Å². The Bertz CT molecular complexity index is 967. The van der Waals surface area contributed by atoms with Gasteiger partial charge in [0.1, 0.15) is 17.8 Å². The van der Waals surface area contributed by atoms with Crippen molar-refractivity contribution >= 4 is 29.6 Å². The maximum atomic E-state index is 12.8. The van der Waals surface area contributed by atoms with Crippen LogP contribution in [0.1, 0.15) is 23.8 Å². The van der Waals surface area contributed by atoms with Gasteiger partial charge in [0.25, 0.3) is 11.8 Å². The monoisotopic (exact) mass is 400 g/mol. The highest BCUT2D eigenvalue weighted by Crippen LogP contribution is 2.28. The Morgan fingerprint density at radius 3 is 2.55 bits per heavy atom. The number of amides is 4. The van der Waals surface area contributed by atoms with Crippen molar-refractivity contribution in [2.45, 2.75) is 26.3 Å². The third-order valence-electron chi connectivity index (χ3n) is 4.45. The average molecular weight is 400 g/mol. The minimum absolute atomic E-state index is 0.187. The Balaban J connectivity index is 1.57. The number of ether oxygens (including phenoxy) is 1. The molecule has 2 heterocycles. The van der Waals surface area contributed by atoms with E-state index >= 15 is 0 Å². The van der Waals surface area contributed by atoms with Crippen LogP contribution in [0.3, 0.4) is 0 Å². The molecular formula is C19H20N4O6. The molecule has 1 aromatic carbocycles. The molecule has 10 nitrogen and oxygen atoms in total. The first kappa shape index (κ1) is 20.1. The first-order valence-corrected chi connectivity index (χ1v) is 8.79. The number of benzene rings is 1. The van der Waals surface area contributed by atoms with Crippen LogP contribution >= 0.6 is 0 Å². The van der Waals surface area contributed by atoms with Crippen molar-refractivity contribution in [3.05, 3.63) is 47.2 Å². The predicted octanol–water partition coefficient (Wildman–Crippen LogP) is 1.24. The van der Waals surface area contributed by atoms with Gasteiger partial charge < -0.3 is 19.9 Å². The summed E-state index contributed by atoms with van der Waals surface area (Å²) in [6.45, 7) is 3.93. The molecule has 29 heavy (non-hydrogen) atoms. The van der Waals surface area contributed by atoms with Crippen LogP contribution in [-0.4, -0.2) is 47.0 Å². The molecular weight excluding hydrogens is 380 g/mol. The highest BCUT2D eigenvalue weighted by atomic mass is 16.5. The van der Waals surface area contributed by atoms with Gasteiger partial charge in [-0.15, -0.1) is 0 Å². The molecule has 152 valence electrons. The summed E-state index contributed by atoms with van der Waals surface area (Å²) in [6.07, 6.45) is 0. The summed E-state index contributed by atoms with van der Waals surface area (Å²) in [6, 6.07) is 7.92. The van der Waals surface area contributed by atoms with Crippen LogP contribution in [0.4, 0.5) is 10.6 Å². The van der Waals surface area contributed by atoms with E-state index in [1.54, 1.807) is 26.0 Å². The van der Waals surface area contributed by atoms with E-state index in [4.69, 9.17) is 9.26 Å². The summed E-state index contributed by atoms with van der Waals surface area (Å²) < 4.78 is 9.65. The van der Waals surface area contributed by atoms with Crippen molar-refractivity contribution in [3.63, 3.8) is 0 Å².